The van der Waals surface area contributed by atoms with E-state index < -0.39 is 0 Å². The zero-order valence-corrected chi connectivity index (χ0v) is 12.3. The molecule has 0 saturated heterocycles. The third-order valence-electron chi connectivity index (χ3n) is 3.29. The second kappa shape index (κ2) is 6.79. The van der Waals surface area contributed by atoms with Gasteiger partial charge in [-0.15, -0.1) is 0 Å². The van der Waals surface area contributed by atoms with E-state index in [9.17, 15) is 0 Å². The molecule has 110 valence electrons. The molecule has 0 unspecified atom stereocenters. The summed E-state index contributed by atoms with van der Waals surface area (Å²) in [6, 6.07) is 13.6. The van der Waals surface area contributed by atoms with Gasteiger partial charge in [0.1, 0.15) is 23.9 Å². The number of rotatable bonds is 6. The van der Waals surface area contributed by atoms with E-state index in [1.165, 1.54) is 5.56 Å². The van der Waals surface area contributed by atoms with Crippen LogP contribution in [-0.4, -0.2) is 12.9 Å². The molecule has 21 heavy (non-hydrogen) atoms. The molecule has 0 heterocycles. The summed E-state index contributed by atoms with van der Waals surface area (Å²) in [7, 11) is 1.56. The Balaban J connectivity index is 2.08. The predicted molar refractivity (Wildman–Crippen MR) is 84.2 cm³/mol. The van der Waals surface area contributed by atoms with Gasteiger partial charge in [0, 0.05) is 0 Å². The van der Waals surface area contributed by atoms with Gasteiger partial charge < -0.3 is 15.2 Å². The molecule has 0 aliphatic rings. The van der Waals surface area contributed by atoms with E-state index in [1.807, 2.05) is 24.3 Å². The van der Waals surface area contributed by atoms with Crippen molar-refractivity contribution in [2.24, 2.45) is 5.73 Å². The molecule has 0 amide bonds. The minimum absolute atomic E-state index is 0.0130. The van der Waals surface area contributed by atoms with E-state index in [4.69, 9.17) is 20.6 Å². The monoisotopic (exact) mass is 284 g/mol. The molecular formula is C17H20N2O2. The summed E-state index contributed by atoms with van der Waals surface area (Å²) in [6.07, 6.45) is 1.01. The maximum atomic E-state index is 7.57. The van der Waals surface area contributed by atoms with Gasteiger partial charge in [-0.2, -0.15) is 0 Å². The standard InChI is InChI=1S/C17H20N2O2/c1-3-12-4-7-14(8-5-12)21-11-13-6-9-16(20-2)15(10-13)17(18)19/h4-10H,3,11H2,1-2H3,(H3,18,19). The fraction of sp³-hybridized carbons (Fsp3) is 0.235. The van der Waals surface area contributed by atoms with Crippen LogP contribution in [0.3, 0.4) is 0 Å². The number of benzene rings is 2. The van der Waals surface area contributed by atoms with Crippen LogP contribution in [0.1, 0.15) is 23.6 Å². The van der Waals surface area contributed by atoms with Gasteiger partial charge >= 0.3 is 0 Å². The zero-order chi connectivity index (χ0) is 15.2. The van der Waals surface area contributed by atoms with Crippen molar-refractivity contribution in [1.29, 1.82) is 5.41 Å². The zero-order valence-electron chi connectivity index (χ0n) is 12.3. The van der Waals surface area contributed by atoms with E-state index in [1.54, 1.807) is 13.2 Å². The first-order valence-corrected chi connectivity index (χ1v) is 6.87. The molecule has 0 spiro atoms. The van der Waals surface area contributed by atoms with Crippen molar-refractivity contribution < 1.29 is 9.47 Å². The molecule has 3 N–H and O–H groups in total. The van der Waals surface area contributed by atoms with Gasteiger partial charge in [-0.05, 0) is 41.8 Å². The maximum Gasteiger partial charge on any atom is 0.129 e. The van der Waals surface area contributed by atoms with Gasteiger partial charge in [0.2, 0.25) is 0 Å². The van der Waals surface area contributed by atoms with Crippen LogP contribution in [0.15, 0.2) is 42.5 Å². The van der Waals surface area contributed by atoms with Gasteiger partial charge in [0.25, 0.3) is 0 Å². The lowest BCUT2D eigenvalue weighted by molar-refractivity contribution is 0.306. The van der Waals surface area contributed by atoms with Crippen LogP contribution in [0.4, 0.5) is 0 Å². The Morgan fingerprint density at radius 1 is 1.10 bits per heavy atom. The molecule has 0 atom stereocenters. The largest absolute Gasteiger partial charge is 0.496 e. The molecule has 0 saturated carbocycles. The van der Waals surface area contributed by atoms with Crippen molar-refractivity contribution >= 4 is 5.84 Å². The van der Waals surface area contributed by atoms with E-state index in [0.717, 1.165) is 17.7 Å². The third-order valence-corrected chi connectivity index (χ3v) is 3.29. The fourth-order valence-corrected chi connectivity index (χ4v) is 2.04. The van der Waals surface area contributed by atoms with Crippen molar-refractivity contribution in [3.05, 3.63) is 59.2 Å². The molecular weight excluding hydrogens is 264 g/mol. The third kappa shape index (κ3) is 3.75. The van der Waals surface area contributed by atoms with Crippen LogP contribution in [0.5, 0.6) is 11.5 Å². The SMILES string of the molecule is CCc1ccc(OCc2ccc(OC)c(C(=N)N)c2)cc1. The normalized spacial score (nSPS) is 10.2. The maximum absolute atomic E-state index is 7.57. The lowest BCUT2D eigenvalue weighted by Gasteiger charge is -2.11. The van der Waals surface area contributed by atoms with Crippen molar-refractivity contribution in [2.45, 2.75) is 20.0 Å². The number of methoxy groups -OCH3 is 1. The molecule has 4 nitrogen and oxygen atoms in total. The molecule has 0 aliphatic carbocycles. The average molecular weight is 284 g/mol. The summed E-state index contributed by atoms with van der Waals surface area (Å²) in [6.45, 7) is 2.55. The highest BCUT2D eigenvalue weighted by Crippen LogP contribution is 2.21. The Hall–Kier alpha value is -2.49. The van der Waals surface area contributed by atoms with Crippen molar-refractivity contribution in [1.82, 2.24) is 0 Å². The van der Waals surface area contributed by atoms with Crippen LogP contribution >= 0.6 is 0 Å². The highest BCUT2D eigenvalue weighted by atomic mass is 16.5. The van der Waals surface area contributed by atoms with Gasteiger partial charge in [0.15, 0.2) is 0 Å². The molecule has 0 bridgehead atoms. The molecule has 2 aromatic rings. The highest BCUT2D eigenvalue weighted by Gasteiger charge is 2.07. The van der Waals surface area contributed by atoms with Crippen molar-refractivity contribution in [3.8, 4) is 11.5 Å². The fourth-order valence-electron chi connectivity index (χ4n) is 2.04. The Labute approximate surface area is 125 Å². The number of nitrogens with two attached hydrogens (primary N) is 1. The van der Waals surface area contributed by atoms with E-state index in [0.29, 0.717) is 17.9 Å². The number of aryl methyl sites for hydroxylation is 1. The second-order valence-corrected chi connectivity index (χ2v) is 4.73. The minimum Gasteiger partial charge on any atom is -0.496 e. The number of nitrogen functional groups attached to an aromatic ring is 1. The highest BCUT2D eigenvalue weighted by molar-refractivity contribution is 5.97. The Kier molecular flexibility index (Phi) is 4.82. The number of nitrogens with one attached hydrogen (secondary N) is 1. The number of hydrogen-bond donors (Lipinski definition) is 2. The van der Waals surface area contributed by atoms with Gasteiger partial charge in [-0.1, -0.05) is 25.1 Å². The molecule has 4 heteroatoms. The number of amidine groups is 1. The quantitative estimate of drug-likeness (QED) is 0.632. The number of ether oxygens (including phenoxy) is 2. The molecule has 0 fully saturated rings. The van der Waals surface area contributed by atoms with Crippen molar-refractivity contribution in [2.75, 3.05) is 7.11 Å². The smallest absolute Gasteiger partial charge is 0.129 e. The van der Waals surface area contributed by atoms with Crippen LogP contribution < -0.4 is 15.2 Å². The van der Waals surface area contributed by atoms with Crippen LogP contribution in [0, 0.1) is 5.41 Å². The molecule has 0 aliphatic heterocycles. The minimum atomic E-state index is -0.0130. The summed E-state index contributed by atoms with van der Waals surface area (Å²) in [4.78, 5) is 0. The second-order valence-electron chi connectivity index (χ2n) is 4.73. The first-order chi connectivity index (χ1) is 10.1. The van der Waals surface area contributed by atoms with Gasteiger partial charge in [-0.3, -0.25) is 5.41 Å². The number of hydrogen-bond acceptors (Lipinski definition) is 3. The summed E-state index contributed by atoms with van der Waals surface area (Å²) < 4.78 is 10.9. The van der Waals surface area contributed by atoms with Crippen LogP contribution in [0.25, 0.3) is 0 Å². The van der Waals surface area contributed by atoms with Gasteiger partial charge in [0.05, 0.1) is 12.7 Å². The lowest BCUT2D eigenvalue weighted by Crippen LogP contribution is -2.13. The van der Waals surface area contributed by atoms with Crippen LogP contribution in [0.2, 0.25) is 0 Å². The molecule has 0 radical (unpaired) electrons. The summed E-state index contributed by atoms with van der Waals surface area (Å²) in [5, 5.41) is 7.57. The Morgan fingerprint density at radius 3 is 2.33 bits per heavy atom. The lowest BCUT2D eigenvalue weighted by atomic mass is 10.1. The Morgan fingerprint density at radius 2 is 1.76 bits per heavy atom. The molecule has 0 aromatic heterocycles. The van der Waals surface area contributed by atoms with Crippen LogP contribution in [-0.2, 0) is 13.0 Å². The average Bonchev–Trinajstić information content (AvgIpc) is 2.53. The first-order valence-electron chi connectivity index (χ1n) is 6.87. The van der Waals surface area contributed by atoms with E-state index in [-0.39, 0.29) is 5.84 Å². The first kappa shape index (κ1) is 14.9. The molecule has 2 aromatic carbocycles. The Bertz CT molecular complexity index is 621. The summed E-state index contributed by atoms with van der Waals surface area (Å²) in [5.41, 5.74) is 8.37. The topological polar surface area (TPSA) is 68.3 Å². The predicted octanol–water partition coefficient (Wildman–Crippen LogP) is 3.12. The van der Waals surface area contributed by atoms with Crippen molar-refractivity contribution in [3.63, 3.8) is 0 Å². The van der Waals surface area contributed by atoms with E-state index >= 15 is 0 Å². The van der Waals surface area contributed by atoms with Gasteiger partial charge in [-0.25, -0.2) is 0 Å². The molecule has 2 rings (SSSR count). The summed E-state index contributed by atoms with van der Waals surface area (Å²) in [5.74, 6) is 1.41. The summed E-state index contributed by atoms with van der Waals surface area (Å²) >= 11 is 0. The van der Waals surface area contributed by atoms with E-state index in [2.05, 4.69) is 19.1 Å².